The summed E-state index contributed by atoms with van der Waals surface area (Å²) >= 11 is 6.40. The maximum Gasteiger partial charge on any atom is 0.414 e. The molecule has 3 rings (SSSR count). The molecule has 148 valence electrons. The van der Waals surface area contributed by atoms with Crippen molar-refractivity contribution in [1.29, 1.82) is 0 Å². The van der Waals surface area contributed by atoms with Crippen molar-refractivity contribution in [1.82, 2.24) is 9.78 Å². The molecule has 1 fully saturated rings. The van der Waals surface area contributed by atoms with E-state index in [9.17, 15) is 9.59 Å². The van der Waals surface area contributed by atoms with Gasteiger partial charge >= 0.3 is 6.09 Å². The van der Waals surface area contributed by atoms with E-state index in [1.165, 1.54) is 11.0 Å². The van der Waals surface area contributed by atoms with Gasteiger partial charge in [0.05, 0.1) is 23.6 Å². The predicted molar refractivity (Wildman–Crippen MR) is 110 cm³/mol. The lowest BCUT2D eigenvalue weighted by Gasteiger charge is -2.17. The molecule has 0 radical (unpaired) electrons. The molecular weight excluding hydrogens is 380 g/mol. The Morgan fingerprint density at radius 1 is 1.39 bits per heavy atom. The minimum Gasteiger partial charge on any atom is -0.447 e. The van der Waals surface area contributed by atoms with Gasteiger partial charge in [0.15, 0.2) is 0 Å². The molecule has 2 heterocycles. The van der Waals surface area contributed by atoms with E-state index in [1.54, 1.807) is 35.0 Å². The summed E-state index contributed by atoms with van der Waals surface area (Å²) in [6.07, 6.45) is 2.65. The largest absolute Gasteiger partial charge is 0.447 e. The molecule has 1 aromatic carbocycles. The van der Waals surface area contributed by atoms with Crippen molar-refractivity contribution in [3.8, 4) is 0 Å². The highest BCUT2D eigenvalue weighted by molar-refractivity contribution is 6.31. The molecule has 0 unspecified atom stereocenters. The van der Waals surface area contributed by atoms with Gasteiger partial charge in [0.2, 0.25) is 5.91 Å². The molecule has 0 saturated carbocycles. The zero-order chi connectivity index (χ0) is 20.3. The summed E-state index contributed by atoms with van der Waals surface area (Å²) in [6, 6.07) is 7.11. The lowest BCUT2D eigenvalue weighted by molar-refractivity contribution is -0.111. The molecule has 1 aliphatic rings. The summed E-state index contributed by atoms with van der Waals surface area (Å²) in [7, 11) is 0. The van der Waals surface area contributed by atoms with Crippen molar-refractivity contribution in [3.05, 3.63) is 46.8 Å². The summed E-state index contributed by atoms with van der Waals surface area (Å²) in [5, 5.41) is 7.75. The molecule has 7 nitrogen and oxygen atoms in total. The average Bonchev–Trinajstić information content (AvgIpc) is 3.17. The van der Waals surface area contributed by atoms with E-state index in [1.807, 2.05) is 6.92 Å². The Hall–Kier alpha value is -2.80. The summed E-state index contributed by atoms with van der Waals surface area (Å²) in [6.45, 7) is 7.52. The fourth-order valence-electron chi connectivity index (χ4n) is 2.98. The minimum absolute atomic E-state index is 0.327. The third-order valence-corrected chi connectivity index (χ3v) is 4.66. The van der Waals surface area contributed by atoms with Crippen LogP contribution in [-0.4, -0.2) is 34.9 Å². The standard InChI is InChI=1S/C20H23ClN4O3/c1-13(2)12-25-19(21)15(14(3)23-25)8-9-18(26)22-16-6-4-5-7-17(16)24-10-11-28-20(24)27/h4-9,13H,10-12H2,1-3H3,(H,22,26)/b9-8+. The van der Waals surface area contributed by atoms with Gasteiger partial charge in [-0.25, -0.2) is 4.79 Å². The van der Waals surface area contributed by atoms with E-state index in [2.05, 4.69) is 24.3 Å². The van der Waals surface area contributed by atoms with Gasteiger partial charge in [-0.1, -0.05) is 37.6 Å². The molecule has 2 amide bonds. The molecule has 1 saturated heterocycles. The van der Waals surface area contributed by atoms with E-state index < -0.39 is 6.09 Å². The number of amides is 2. The van der Waals surface area contributed by atoms with Gasteiger partial charge in [-0.2, -0.15) is 5.10 Å². The SMILES string of the molecule is Cc1nn(CC(C)C)c(Cl)c1/C=C/C(=O)Nc1ccccc1N1CCOC1=O. The highest BCUT2D eigenvalue weighted by atomic mass is 35.5. The number of benzene rings is 1. The zero-order valence-electron chi connectivity index (χ0n) is 16.1. The molecule has 1 N–H and O–H groups in total. The molecule has 28 heavy (non-hydrogen) atoms. The first kappa shape index (κ1) is 19.9. The number of halogens is 1. The number of anilines is 2. The third kappa shape index (κ3) is 4.36. The number of hydrogen-bond acceptors (Lipinski definition) is 4. The van der Waals surface area contributed by atoms with Gasteiger partial charge in [0.1, 0.15) is 11.8 Å². The van der Waals surface area contributed by atoms with Gasteiger partial charge in [0.25, 0.3) is 0 Å². The van der Waals surface area contributed by atoms with Crippen LogP contribution in [0.5, 0.6) is 0 Å². The number of rotatable bonds is 6. The Bertz CT molecular complexity index is 920. The van der Waals surface area contributed by atoms with Crippen molar-refractivity contribution in [2.24, 2.45) is 5.92 Å². The number of cyclic esters (lactones) is 1. The molecular formula is C20H23ClN4O3. The Kier molecular flexibility index (Phi) is 6.04. The zero-order valence-corrected chi connectivity index (χ0v) is 16.9. The first-order valence-corrected chi connectivity index (χ1v) is 9.50. The molecule has 0 aliphatic carbocycles. The maximum absolute atomic E-state index is 12.4. The number of carbonyl (C=O) groups is 2. The lowest BCUT2D eigenvalue weighted by atomic mass is 10.2. The summed E-state index contributed by atoms with van der Waals surface area (Å²) in [5.74, 6) is 0.0813. The van der Waals surface area contributed by atoms with Gasteiger partial charge < -0.3 is 10.1 Å². The molecule has 1 aliphatic heterocycles. The Morgan fingerprint density at radius 2 is 2.14 bits per heavy atom. The van der Waals surface area contributed by atoms with Crippen LogP contribution in [-0.2, 0) is 16.1 Å². The first-order chi connectivity index (χ1) is 13.4. The van der Waals surface area contributed by atoms with E-state index in [4.69, 9.17) is 16.3 Å². The lowest BCUT2D eigenvalue weighted by Crippen LogP contribution is -2.25. The van der Waals surface area contributed by atoms with E-state index in [-0.39, 0.29) is 5.91 Å². The summed E-state index contributed by atoms with van der Waals surface area (Å²) < 4.78 is 6.72. The second kappa shape index (κ2) is 8.48. The second-order valence-electron chi connectivity index (χ2n) is 6.97. The molecule has 0 atom stereocenters. The predicted octanol–water partition coefficient (Wildman–Crippen LogP) is 4.11. The van der Waals surface area contributed by atoms with E-state index >= 15 is 0 Å². The topological polar surface area (TPSA) is 76.5 Å². The second-order valence-corrected chi connectivity index (χ2v) is 7.33. The first-order valence-electron chi connectivity index (χ1n) is 9.12. The Morgan fingerprint density at radius 3 is 2.82 bits per heavy atom. The van der Waals surface area contributed by atoms with Crippen LogP contribution in [0, 0.1) is 12.8 Å². The average molecular weight is 403 g/mol. The number of para-hydroxylation sites is 2. The van der Waals surface area contributed by atoms with Crippen molar-refractivity contribution in [2.75, 3.05) is 23.4 Å². The monoisotopic (exact) mass is 402 g/mol. The molecule has 0 spiro atoms. The van der Waals surface area contributed by atoms with Crippen LogP contribution in [0.1, 0.15) is 25.1 Å². The van der Waals surface area contributed by atoms with Crippen molar-refractivity contribution < 1.29 is 14.3 Å². The van der Waals surface area contributed by atoms with Crippen LogP contribution in [0.25, 0.3) is 6.08 Å². The van der Waals surface area contributed by atoms with Crippen LogP contribution in [0.4, 0.5) is 16.2 Å². The fourth-order valence-corrected chi connectivity index (χ4v) is 3.29. The van der Waals surface area contributed by atoms with Gasteiger partial charge in [-0.15, -0.1) is 0 Å². The van der Waals surface area contributed by atoms with Crippen LogP contribution >= 0.6 is 11.6 Å². The number of hydrogen-bond donors (Lipinski definition) is 1. The van der Waals surface area contributed by atoms with E-state index in [0.717, 1.165) is 5.69 Å². The van der Waals surface area contributed by atoms with E-state index in [0.29, 0.717) is 47.7 Å². The molecule has 2 aromatic rings. The minimum atomic E-state index is -0.419. The molecule has 1 aromatic heterocycles. The summed E-state index contributed by atoms with van der Waals surface area (Å²) in [5.41, 5.74) is 2.61. The van der Waals surface area contributed by atoms with Gasteiger partial charge in [0, 0.05) is 18.2 Å². The molecule has 0 bridgehead atoms. The molecule has 8 heteroatoms. The van der Waals surface area contributed by atoms with Gasteiger partial charge in [-0.05, 0) is 31.1 Å². The number of aryl methyl sites for hydroxylation is 1. The van der Waals surface area contributed by atoms with Crippen molar-refractivity contribution >= 4 is 41.1 Å². The van der Waals surface area contributed by atoms with Crippen LogP contribution in [0.2, 0.25) is 5.15 Å². The Balaban J connectivity index is 1.75. The quantitative estimate of drug-likeness (QED) is 0.737. The van der Waals surface area contributed by atoms with Crippen molar-refractivity contribution in [2.45, 2.75) is 27.3 Å². The fraction of sp³-hybridized carbons (Fsp3) is 0.350. The number of ether oxygens (including phenoxy) is 1. The maximum atomic E-state index is 12.4. The highest BCUT2D eigenvalue weighted by Crippen LogP contribution is 2.28. The van der Waals surface area contributed by atoms with Crippen LogP contribution in [0.15, 0.2) is 30.3 Å². The number of aromatic nitrogens is 2. The van der Waals surface area contributed by atoms with Gasteiger partial charge in [-0.3, -0.25) is 14.4 Å². The number of nitrogens with one attached hydrogen (secondary N) is 1. The Labute approximate surface area is 168 Å². The van der Waals surface area contributed by atoms with Crippen LogP contribution in [0.3, 0.4) is 0 Å². The number of nitrogens with zero attached hydrogens (tertiary/aromatic N) is 3. The van der Waals surface area contributed by atoms with Crippen LogP contribution < -0.4 is 10.2 Å². The smallest absolute Gasteiger partial charge is 0.414 e. The highest BCUT2D eigenvalue weighted by Gasteiger charge is 2.25. The van der Waals surface area contributed by atoms with Crippen molar-refractivity contribution in [3.63, 3.8) is 0 Å². The normalized spacial score (nSPS) is 14.2. The third-order valence-electron chi connectivity index (χ3n) is 4.26. The summed E-state index contributed by atoms with van der Waals surface area (Å²) in [4.78, 5) is 25.8. The number of carbonyl (C=O) groups excluding carboxylic acids is 2.